The van der Waals surface area contributed by atoms with E-state index in [1.54, 1.807) is 6.92 Å². The molecule has 7 heteroatoms. The number of carbonyl (C=O) groups excluding carboxylic acids is 1. The molecule has 0 fully saturated rings. The van der Waals surface area contributed by atoms with Crippen LogP contribution in [0.2, 0.25) is 0 Å². The molecule has 1 aromatic heterocycles. The maximum absolute atomic E-state index is 11.6. The van der Waals surface area contributed by atoms with E-state index in [1.807, 2.05) is 0 Å². The van der Waals surface area contributed by atoms with E-state index in [-0.39, 0.29) is 11.7 Å². The van der Waals surface area contributed by atoms with Crippen molar-refractivity contribution in [3.05, 3.63) is 17.5 Å². The van der Waals surface area contributed by atoms with E-state index in [2.05, 4.69) is 20.7 Å². The Bertz CT molecular complexity index is 399. The Morgan fingerprint density at radius 3 is 3.00 bits per heavy atom. The lowest BCUT2D eigenvalue weighted by atomic mass is 10.2. The van der Waals surface area contributed by atoms with Gasteiger partial charge in [0.25, 0.3) is 5.91 Å². The maximum Gasteiger partial charge on any atom is 0.254 e. The van der Waals surface area contributed by atoms with Crippen LogP contribution < -0.4 is 11.1 Å². The van der Waals surface area contributed by atoms with Crippen molar-refractivity contribution in [3.63, 3.8) is 0 Å². The number of amides is 1. The van der Waals surface area contributed by atoms with Gasteiger partial charge in [-0.1, -0.05) is 5.16 Å². The van der Waals surface area contributed by atoms with Gasteiger partial charge in [-0.05, 0) is 19.8 Å². The topological polar surface area (TPSA) is 116 Å². The van der Waals surface area contributed by atoms with Crippen LogP contribution in [0.5, 0.6) is 0 Å². The van der Waals surface area contributed by atoms with Gasteiger partial charge in [-0.15, -0.1) is 0 Å². The Labute approximate surface area is 99.1 Å². The number of H-pyrrole nitrogens is 1. The van der Waals surface area contributed by atoms with Crippen molar-refractivity contribution >= 4 is 11.7 Å². The van der Waals surface area contributed by atoms with Crippen molar-refractivity contribution in [2.75, 3.05) is 6.54 Å². The van der Waals surface area contributed by atoms with Crippen LogP contribution in [0.25, 0.3) is 0 Å². The molecule has 0 spiro atoms. The molecule has 0 atom stereocenters. The first-order valence-electron chi connectivity index (χ1n) is 5.39. The van der Waals surface area contributed by atoms with Crippen molar-refractivity contribution in [3.8, 4) is 0 Å². The average molecular weight is 239 g/mol. The summed E-state index contributed by atoms with van der Waals surface area (Å²) in [4.78, 5) is 11.6. The van der Waals surface area contributed by atoms with E-state index in [9.17, 15) is 4.79 Å². The Kier molecular flexibility index (Phi) is 4.99. The third-order valence-electron chi connectivity index (χ3n) is 2.35. The zero-order valence-corrected chi connectivity index (χ0v) is 9.73. The fraction of sp³-hybridized carbons (Fsp3) is 0.500. The van der Waals surface area contributed by atoms with Crippen molar-refractivity contribution < 1.29 is 10.0 Å². The summed E-state index contributed by atoms with van der Waals surface area (Å²) >= 11 is 0. The molecule has 1 amide bonds. The largest absolute Gasteiger partial charge is 0.409 e. The molecule has 94 valence electrons. The molecule has 0 unspecified atom stereocenters. The van der Waals surface area contributed by atoms with Crippen molar-refractivity contribution in [1.82, 2.24) is 15.5 Å². The Morgan fingerprint density at radius 1 is 1.65 bits per heavy atom. The number of nitrogens with two attached hydrogens (primary N) is 1. The number of hydrogen-bond acceptors (Lipinski definition) is 4. The van der Waals surface area contributed by atoms with Gasteiger partial charge in [-0.25, -0.2) is 0 Å². The number of nitrogens with one attached hydrogen (secondary N) is 2. The third-order valence-corrected chi connectivity index (χ3v) is 2.35. The van der Waals surface area contributed by atoms with E-state index < -0.39 is 0 Å². The summed E-state index contributed by atoms with van der Waals surface area (Å²) in [7, 11) is 0. The average Bonchev–Trinajstić information content (AvgIpc) is 2.74. The second kappa shape index (κ2) is 6.51. The van der Waals surface area contributed by atoms with Crippen LogP contribution in [0.3, 0.4) is 0 Å². The number of nitrogens with zero attached hydrogens (tertiary/aromatic N) is 2. The molecule has 1 aromatic rings. The monoisotopic (exact) mass is 239 g/mol. The van der Waals surface area contributed by atoms with Gasteiger partial charge < -0.3 is 16.3 Å². The van der Waals surface area contributed by atoms with Gasteiger partial charge in [0.1, 0.15) is 5.84 Å². The van der Waals surface area contributed by atoms with Crippen LogP contribution >= 0.6 is 0 Å². The second-order valence-corrected chi connectivity index (χ2v) is 3.71. The molecule has 0 saturated heterocycles. The molecular formula is C10H17N5O2. The molecule has 1 heterocycles. The first-order valence-corrected chi connectivity index (χ1v) is 5.39. The van der Waals surface area contributed by atoms with Gasteiger partial charge in [-0.3, -0.25) is 9.89 Å². The number of unbranched alkanes of at least 4 members (excludes halogenated alkanes) is 1. The molecule has 0 aliphatic heterocycles. The number of oxime groups is 1. The SMILES string of the molecule is Cc1[nH]ncc1C(=O)NCCCCC(N)=NO. The number of aromatic amines is 1. The Hall–Kier alpha value is -2.05. The van der Waals surface area contributed by atoms with E-state index in [1.165, 1.54) is 6.20 Å². The quantitative estimate of drug-likeness (QED) is 0.188. The number of aromatic nitrogens is 2. The molecule has 0 aliphatic rings. The fourth-order valence-corrected chi connectivity index (χ4v) is 1.36. The molecule has 0 saturated carbocycles. The van der Waals surface area contributed by atoms with E-state index in [0.29, 0.717) is 18.5 Å². The number of aryl methyl sites for hydroxylation is 1. The van der Waals surface area contributed by atoms with Gasteiger partial charge in [0, 0.05) is 18.7 Å². The first kappa shape index (κ1) is 13.0. The van der Waals surface area contributed by atoms with Crippen LogP contribution in [0.1, 0.15) is 35.3 Å². The van der Waals surface area contributed by atoms with Crippen LogP contribution in [0, 0.1) is 6.92 Å². The zero-order valence-electron chi connectivity index (χ0n) is 9.73. The van der Waals surface area contributed by atoms with Gasteiger partial charge in [-0.2, -0.15) is 5.10 Å². The van der Waals surface area contributed by atoms with Crippen LogP contribution in [0.15, 0.2) is 11.4 Å². The second-order valence-electron chi connectivity index (χ2n) is 3.71. The highest BCUT2D eigenvalue weighted by Gasteiger charge is 2.09. The molecular weight excluding hydrogens is 222 g/mol. The van der Waals surface area contributed by atoms with E-state index in [0.717, 1.165) is 18.5 Å². The fourth-order valence-electron chi connectivity index (χ4n) is 1.36. The highest BCUT2D eigenvalue weighted by Crippen LogP contribution is 2.02. The number of carbonyl (C=O) groups is 1. The standard InChI is InChI=1S/C10H17N5O2/c1-7-8(6-13-14-7)10(16)12-5-3-2-4-9(11)15-17/h6,17H,2-5H2,1H3,(H2,11,15)(H,12,16)(H,13,14). The minimum atomic E-state index is -0.139. The Balaban J connectivity index is 2.20. The molecule has 17 heavy (non-hydrogen) atoms. The maximum atomic E-state index is 11.6. The normalized spacial score (nSPS) is 11.5. The van der Waals surface area contributed by atoms with Gasteiger partial charge in [0.2, 0.25) is 0 Å². The lowest BCUT2D eigenvalue weighted by Crippen LogP contribution is -2.25. The summed E-state index contributed by atoms with van der Waals surface area (Å²) in [5, 5.41) is 20.4. The molecule has 0 aromatic carbocycles. The number of hydrogen-bond donors (Lipinski definition) is 4. The van der Waals surface area contributed by atoms with Crippen molar-refractivity contribution in [2.45, 2.75) is 26.2 Å². The highest BCUT2D eigenvalue weighted by molar-refractivity contribution is 5.94. The van der Waals surface area contributed by atoms with Crippen LogP contribution in [-0.2, 0) is 0 Å². The van der Waals surface area contributed by atoms with E-state index >= 15 is 0 Å². The lowest BCUT2D eigenvalue weighted by Gasteiger charge is -2.03. The molecule has 1 rings (SSSR count). The van der Waals surface area contributed by atoms with Crippen LogP contribution in [-0.4, -0.2) is 33.7 Å². The van der Waals surface area contributed by atoms with Gasteiger partial charge in [0.05, 0.1) is 11.8 Å². The minimum absolute atomic E-state index is 0.139. The van der Waals surface area contributed by atoms with E-state index in [4.69, 9.17) is 10.9 Å². The molecule has 0 radical (unpaired) electrons. The predicted octanol–water partition coefficient (Wildman–Crippen LogP) is 0.365. The molecule has 7 nitrogen and oxygen atoms in total. The smallest absolute Gasteiger partial charge is 0.254 e. The first-order chi connectivity index (χ1) is 8.15. The number of amidine groups is 1. The summed E-state index contributed by atoms with van der Waals surface area (Å²) in [6.45, 7) is 2.35. The Morgan fingerprint density at radius 2 is 2.41 bits per heavy atom. The van der Waals surface area contributed by atoms with Gasteiger partial charge in [0.15, 0.2) is 0 Å². The van der Waals surface area contributed by atoms with Gasteiger partial charge >= 0.3 is 0 Å². The zero-order chi connectivity index (χ0) is 12.7. The summed E-state index contributed by atoms with van der Waals surface area (Å²) in [5.41, 5.74) is 6.62. The highest BCUT2D eigenvalue weighted by atomic mass is 16.4. The van der Waals surface area contributed by atoms with Crippen molar-refractivity contribution in [2.24, 2.45) is 10.9 Å². The third kappa shape index (κ3) is 4.13. The molecule has 0 aliphatic carbocycles. The minimum Gasteiger partial charge on any atom is -0.409 e. The summed E-state index contributed by atoms with van der Waals surface area (Å²) in [6.07, 6.45) is 3.57. The number of rotatable bonds is 6. The van der Waals surface area contributed by atoms with Crippen molar-refractivity contribution in [1.29, 1.82) is 0 Å². The summed E-state index contributed by atoms with van der Waals surface area (Å²) in [6, 6.07) is 0. The molecule has 0 bridgehead atoms. The predicted molar refractivity (Wildman–Crippen MR) is 62.9 cm³/mol. The summed E-state index contributed by atoms with van der Waals surface area (Å²) < 4.78 is 0. The summed E-state index contributed by atoms with van der Waals surface area (Å²) in [5.74, 6) is 0.0713. The molecule has 5 N–H and O–H groups in total. The van der Waals surface area contributed by atoms with Crippen LogP contribution in [0.4, 0.5) is 0 Å². The lowest BCUT2D eigenvalue weighted by molar-refractivity contribution is 0.0952.